The third-order valence-corrected chi connectivity index (χ3v) is 7.34. The molecule has 0 aliphatic carbocycles. The summed E-state index contributed by atoms with van der Waals surface area (Å²) in [6.07, 6.45) is 8.65. The number of hydrogen-bond acceptors (Lipinski definition) is 6. The number of piperidine rings is 1. The number of nitrogens with zero attached hydrogens (tertiary/aromatic N) is 4. The number of benzene rings is 1. The molecule has 0 bridgehead atoms. The van der Waals surface area contributed by atoms with Crippen LogP contribution in [0.3, 0.4) is 0 Å². The van der Waals surface area contributed by atoms with Gasteiger partial charge in [0.15, 0.2) is 5.11 Å². The highest BCUT2D eigenvalue weighted by molar-refractivity contribution is 7.80. The standard InChI is InChI=1S/C28H36N6OS/c1-21-11-7-10-18-34(21)26-19-25(33-16-8-2-3-9-17-33)30-27(31-26)32-28(36)29-20-23-14-15-24(35-23)22-12-5-4-6-13-22/h4-6,12-15,19,21H,2-3,7-11,16-18,20H2,1H3,(H2,29,30,31,32,36). The van der Waals surface area contributed by atoms with Gasteiger partial charge in [0.1, 0.15) is 23.2 Å². The molecule has 2 aliphatic rings. The number of anilines is 3. The van der Waals surface area contributed by atoms with Gasteiger partial charge < -0.3 is 24.9 Å². The van der Waals surface area contributed by atoms with Crippen molar-refractivity contribution >= 4 is 34.9 Å². The summed E-state index contributed by atoms with van der Waals surface area (Å²) in [6.45, 7) is 5.88. The Labute approximate surface area is 219 Å². The van der Waals surface area contributed by atoms with Crippen LogP contribution in [0.25, 0.3) is 11.3 Å². The molecule has 8 heteroatoms. The van der Waals surface area contributed by atoms with Gasteiger partial charge in [-0.1, -0.05) is 43.2 Å². The topological polar surface area (TPSA) is 69.5 Å². The molecule has 1 aromatic carbocycles. The van der Waals surface area contributed by atoms with Gasteiger partial charge in [-0.3, -0.25) is 0 Å². The Balaban J connectivity index is 1.29. The largest absolute Gasteiger partial charge is 0.459 e. The molecule has 5 rings (SSSR count). The summed E-state index contributed by atoms with van der Waals surface area (Å²) in [5, 5.41) is 6.98. The van der Waals surface area contributed by atoms with Gasteiger partial charge >= 0.3 is 0 Å². The second-order valence-electron chi connectivity index (χ2n) is 9.79. The van der Waals surface area contributed by atoms with Gasteiger partial charge in [-0.2, -0.15) is 9.97 Å². The zero-order valence-electron chi connectivity index (χ0n) is 21.1. The molecule has 4 heterocycles. The number of thiocarbonyl (C=S) groups is 1. The maximum atomic E-state index is 6.00. The summed E-state index contributed by atoms with van der Waals surface area (Å²) >= 11 is 5.61. The van der Waals surface area contributed by atoms with Crippen LogP contribution in [0.15, 0.2) is 52.9 Å². The van der Waals surface area contributed by atoms with E-state index in [2.05, 4.69) is 33.4 Å². The molecule has 2 fully saturated rings. The van der Waals surface area contributed by atoms with Gasteiger partial charge in [-0.15, -0.1) is 0 Å². The highest BCUT2D eigenvalue weighted by Crippen LogP contribution is 2.28. The van der Waals surface area contributed by atoms with Crippen molar-refractivity contribution in [2.45, 2.75) is 64.5 Å². The monoisotopic (exact) mass is 504 g/mol. The normalized spacial score (nSPS) is 18.5. The maximum absolute atomic E-state index is 6.00. The highest BCUT2D eigenvalue weighted by Gasteiger charge is 2.23. The van der Waals surface area contributed by atoms with E-state index in [1.807, 2.05) is 42.5 Å². The molecule has 0 spiro atoms. The maximum Gasteiger partial charge on any atom is 0.232 e. The van der Waals surface area contributed by atoms with E-state index in [1.54, 1.807) is 0 Å². The average molecular weight is 505 g/mol. The van der Waals surface area contributed by atoms with E-state index in [0.717, 1.165) is 48.4 Å². The molecule has 3 aromatic rings. The first kappa shape index (κ1) is 24.6. The van der Waals surface area contributed by atoms with Crippen molar-refractivity contribution in [1.29, 1.82) is 0 Å². The van der Waals surface area contributed by atoms with Crippen molar-refractivity contribution in [3.8, 4) is 11.3 Å². The third kappa shape index (κ3) is 6.16. The lowest BCUT2D eigenvalue weighted by Crippen LogP contribution is -2.38. The summed E-state index contributed by atoms with van der Waals surface area (Å²) in [5.41, 5.74) is 1.06. The summed E-state index contributed by atoms with van der Waals surface area (Å²) in [4.78, 5) is 14.6. The minimum Gasteiger partial charge on any atom is -0.459 e. The Morgan fingerprint density at radius 1 is 0.944 bits per heavy atom. The predicted octanol–water partition coefficient (Wildman–Crippen LogP) is 5.98. The Bertz CT molecular complexity index is 1140. The lowest BCUT2D eigenvalue weighted by atomic mass is 10.0. The fourth-order valence-corrected chi connectivity index (χ4v) is 5.23. The van der Waals surface area contributed by atoms with Crippen LogP contribution in [0.1, 0.15) is 57.6 Å². The molecule has 2 aromatic heterocycles. The SMILES string of the molecule is CC1CCCCN1c1cc(N2CCCCCC2)nc(NC(=S)NCc2ccc(-c3ccccc3)o2)n1. The second kappa shape index (κ2) is 11.7. The van der Waals surface area contributed by atoms with E-state index >= 15 is 0 Å². The van der Waals surface area contributed by atoms with E-state index in [1.165, 1.54) is 44.9 Å². The fraction of sp³-hybridized carbons (Fsp3) is 0.464. The van der Waals surface area contributed by atoms with Crippen LogP contribution in [0.2, 0.25) is 0 Å². The summed E-state index contributed by atoms with van der Waals surface area (Å²) in [5.74, 6) is 4.19. The number of rotatable bonds is 6. The molecule has 36 heavy (non-hydrogen) atoms. The number of nitrogens with one attached hydrogen (secondary N) is 2. The molecule has 2 saturated heterocycles. The van der Waals surface area contributed by atoms with Gasteiger partial charge in [0.05, 0.1) is 6.54 Å². The van der Waals surface area contributed by atoms with Gasteiger partial charge in [0, 0.05) is 37.3 Å². The molecule has 7 nitrogen and oxygen atoms in total. The molecule has 190 valence electrons. The second-order valence-corrected chi connectivity index (χ2v) is 10.2. The molecule has 1 atom stereocenters. The zero-order valence-corrected chi connectivity index (χ0v) is 21.9. The van der Waals surface area contributed by atoms with E-state index in [-0.39, 0.29) is 0 Å². The lowest BCUT2D eigenvalue weighted by Gasteiger charge is -2.35. The molecule has 2 aliphatic heterocycles. The minimum atomic E-state index is 0.473. The summed E-state index contributed by atoms with van der Waals surface area (Å²) in [6, 6.07) is 16.7. The van der Waals surface area contributed by atoms with Gasteiger partial charge in [0.25, 0.3) is 0 Å². The van der Waals surface area contributed by atoms with Crippen molar-refractivity contribution in [1.82, 2.24) is 15.3 Å². The van der Waals surface area contributed by atoms with Crippen molar-refractivity contribution in [2.24, 2.45) is 0 Å². The number of furan rings is 1. The third-order valence-electron chi connectivity index (χ3n) is 7.09. The van der Waals surface area contributed by atoms with Crippen LogP contribution in [0.4, 0.5) is 17.6 Å². The first-order valence-corrected chi connectivity index (χ1v) is 13.7. The first-order valence-electron chi connectivity index (χ1n) is 13.3. The van der Waals surface area contributed by atoms with Crippen LogP contribution in [0, 0.1) is 0 Å². The van der Waals surface area contributed by atoms with E-state index in [0.29, 0.717) is 23.6 Å². The average Bonchev–Trinajstić information content (AvgIpc) is 3.21. The Hall–Kier alpha value is -3.13. The molecule has 0 saturated carbocycles. The lowest BCUT2D eigenvalue weighted by molar-refractivity contribution is 0.481. The number of aromatic nitrogens is 2. The Morgan fingerprint density at radius 3 is 2.47 bits per heavy atom. The van der Waals surface area contributed by atoms with Crippen LogP contribution in [-0.4, -0.2) is 40.8 Å². The highest BCUT2D eigenvalue weighted by atomic mass is 32.1. The van der Waals surface area contributed by atoms with Gasteiger partial charge in [-0.05, 0) is 63.4 Å². The summed E-state index contributed by atoms with van der Waals surface area (Å²) < 4.78 is 6.00. The van der Waals surface area contributed by atoms with Crippen molar-refractivity contribution < 1.29 is 4.42 Å². The summed E-state index contributed by atoms with van der Waals surface area (Å²) in [7, 11) is 0. The molecular formula is C28H36N6OS. The van der Waals surface area contributed by atoms with Crippen LogP contribution in [0.5, 0.6) is 0 Å². The quantitative estimate of drug-likeness (QED) is 0.397. The van der Waals surface area contributed by atoms with E-state index < -0.39 is 0 Å². The zero-order chi connectivity index (χ0) is 24.7. The van der Waals surface area contributed by atoms with Gasteiger partial charge in [0.2, 0.25) is 5.95 Å². The smallest absolute Gasteiger partial charge is 0.232 e. The van der Waals surface area contributed by atoms with E-state index in [4.69, 9.17) is 26.6 Å². The van der Waals surface area contributed by atoms with Crippen LogP contribution < -0.4 is 20.4 Å². The van der Waals surface area contributed by atoms with Crippen molar-refractivity contribution in [2.75, 3.05) is 34.8 Å². The minimum absolute atomic E-state index is 0.473. The fourth-order valence-electron chi connectivity index (χ4n) is 5.07. The molecule has 0 amide bonds. The first-order chi connectivity index (χ1) is 17.7. The van der Waals surface area contributed by atoms with Crippen molar-refractivity contribution in [3.05, 3.63) is 54.3 Å². The number of hydrogen-bond donors (Lipinski definition) is 2. The Kier molecular flexibility index (Phi) is 8.01. The Morgan fingerprint density at radius 2 is 1.69 bits per heavy atom. The van der Waals surface area contributed by atoms with Crippen LogP contribution >= 0.6 is 12.2 Å². The predicted molar refractivity (Wildman–Crippen MR) is 151 cm³/mol. The molecule has 1 unspecified atom stereocenters. The van der Waals surface area contributed by atoms with Crippen LogP contribution in [-0.2, 0) is 6.54 Å². The van der Waals surface area contributed by atoms with Gasteiger partial charge in [-0.25, -0.2) is 0 Å². The molecule has 2 N–H and O–H groups in total. The van der Waals surface area contributed by atoms with E-state index in [9.17, 15) is 0 Å². The van der Waals surface area contributed by atoms with Crippen molar-refractivity contribution in [3.63, 3.8) is 0 Å². The molecule has 0 radical (unpaired) electrons. The molecular weight excluding hydrogens is 468 g/mol.